The van der Waals surface area contributed by atoms with Crippen molar-refractivity contribution in [2.45, 2.75) is 146 Å². The van der Waals surface area contributed by atoms with E-state index in [1.165, 1.54) is 18.3 Å². The number of carbonyl (C=O) groups is 1. The van der Waals surface area contributed by atoms with E-state index in [4.69, 9.17) is 28.9 Å². The zero-order valence-electron chi connectivity index (χ0n) is 42.5. The second-order valence-electron chi connectivity index (χ2n) is 21.7. The summed E-state index contributed by atoms with van der Waals surface area (Å²) in [6.45, 7) is 16.6. The number of amides is 1. The summed E-state index contributed by atoms with van der Waals surface area (Å²) in [4.78, 5) is 47.2. The minimum absolute atomic E-state index is 0.0152. The van der Waals surface area contributed by atoms with Gasteiger partial charge in [0.25, 0.3) is 5.56 Å². The van der Waals surface area contributed by atoms with E-state index in [9.17, 15) is 18.0 Å². The van der Waals surface area contributed by atoms with Crippen LogP contribution in [-0.4, -0.2) is 123 Å². The van der Waals surface area contributed by atoms with E-state index in [0.29, 0.717) is 82.9 Å². The van der Waals surface area contributed by atoms with Crippen LogP contribution in [0.5, 0.6) is 0 Å². The van der Waals surface area contributed by atoms with Crippen molar-refractivity contribution >= 4 is 43.9 Å². The molecule has 17 heteroatoms. The molecule has 0 spiro atoms. The van der Waals surface area contributed by atoms with Crippen LogP contribution in [0.2, 0.25) is 0 Å². The molecule has 2 aliphatic carbocycles. The average molecular weight is 1010 g/mol. The molecule has 6 heterocycles. The smallest absolute Gasteiger partial charge is 0.410 e. The first-order valence-corrected chi connectivity index (χ1v) is 27.1. The Morgan fingerprint density at radius 1 is 0.972 bits per heavy atom. The van der Waals surface area contributed by atoms with E-state index >= 15 is 4.39 Å². The number of hydrogen-bond donors (Lipinski definition) is 1. The highest BCUT2D eigenvalue weighted by Crippen LogP contribution is 2.45. The Labute approximate surface area is 421 Å². The van der Waals surface area contributed by atoms with Gasteiger partial charge in [0.1, 0.15) is 21.7 Å². The Balaban J connectivity index is 1.06. The topological polar surface area (TPSA) is 161 Å². The molecule has 0 bridgehead atoms. The molecule has 384 valence electrons. The molecule has 10 rings (SSSR count). The van der Waals surface area contributed by atoms with Gasteiger partial charge in [-0.2, -0.15) is 0 Å². The predicted octanol–water partition coefficient (Wildman–Crippen LogP) is 9.19. The highest BCUT2D eigenvalue weighted by atomic mass is 32.2. The Morgan fingerprint density at radius 3 is 2.47 bits per heavy atom. The van der Waals surface area contributed by atoms with Crippen molar-refractivity contribution in [3.63, 3.8) is 0 Å². The molecule has 1 amide bonds. The number of aromatic nitrogens is 4. The number of fused-ring (bicyclic) bond motifs is 2. The standard InChI is InChI=1S/C55H68FN7O8S/c1-35-13-8-10-24-54(35,7)72(66,67)63-27-23-43-45(31-57-50(64)48(43)63)38-17-20-46-44(29-38)49(55(70-42-18-19-42,39-14-12-15-40(56)30-39)34-69-47-16-9-11-28-68-47)59-51(58-46)60-25-21-41(22-26-60)61-32-37(3)62(33-36(61)2)52(65)71-53(4,5)6/h8,10,12-15,17,20,23,27,29-31,36-37,41-42,47H,9,11,16,18-19,21-22,24-26,28,32-34H2,1-7H3,(H,57,64)/t36-,37+,47?,54?,55?/m0/s1. The van der Waals surface area contributed by atoms with Crippen molar-refractivity contribution in [2.75, 3.05) is 44.3 Å². The lowest BCUT2D eigenvalue weighted by atomic mass is 9.87. The fourth-order valence-corrected chi connectivity index (χ4v) is 12.9. The number of rotatable bonds is 12. The molecule has 3 aromatic heterocycles. The van der Waals surface area contributed by atoms with Crippen molar-refractivity contribution in [1.29, 1.82) is 0 Å². The molecule has 1 N–H and O–H groups in total. The number of ether oxygens (including phenoxy) is 4. The van der Waals surface area contributed by atoms with Gasteiger partial charge in [0, 0.05) is 79.6 Å². The van der Waals surface area contributed by atoms with E-state index in [1.807, 2.05) is 62.1 Å². The molecule has 2 aromatic carbocycles. The van der Waals surface area contributed by atoms with Crippen LogP contribution < -0.4 is 10.5 Å². The molecule has 0 radical (unpaired) electrons. The summed E-state index contributed by atoms with van der Waals surface area (Å²) in [5, 5.41) is 1.09. The SMILES string of the molecule is CC1=CC=CCC1(C)S(=O)(=O)n1ccc2c(-c3ccc4nc(N5CCC(N6C[C@@H](C)N(C(=O)OC(C)(C)C)C[C@@H]6C)CC5)nc(C(COC5CCCCO5)(OC5CC5)c5cccc(F)c5)c4c3)c[nH]c(=O)c21. The van der Waals surface area contributed by atoms with Crippen LogP contribution in [-0.2, 0) is 34.6 Å². The first kappa shape index (κ1) is 50.1. The molecule has 1 saturated carbocycles. The van der Waals surface area contributed by atoms with Crippen molar-refractivity contribution in [3.8, 4) is 11.1 Å². The summed E-state index contributed by atoms with van der Waals surface area (Å²) in [5.41, 5.74) is 1.10. The second kappa shape index (κ2) is 19.4. The lowest BCUT2D eigenvalue weighted by Gasteiger charge is -2.49. The molecular weight excluding hydrogens is 938 g/mol. The number of hydrogen-bond acceptors (Lipinski definition) is 12. The number of benzene rings is 2. The number of halogens is 1. The maximum atomic E-state index is 15.7. The number of carbonyl (C=O) groups excluding carboxylic acids is 1. The maximum Gasteiger partial charge on any atom is 0.410 e. The molecule has 3 saturated heterocycles. The Bertz CT molecular complexity index is 3090. The summed E-state index contributed by atoms with van der Waals surface area (Å²) < 4.78 is 70.4. The van der Waals surface area contributed by atoms with E-state index in [0.717, 1.165) is 49.0 Å². The number of nitrogens with zero attached hydrogens (tertiary/aromatic N) is 6. The zero-order chi connectivity index (χ0) is 50.7. The molecule has 3 aliphatic heterocycles. The predicted molar refractivity (Wildman–Crippen MR) is 276 cm³/mol. The number of pyridine rings is 1. The van der Waals surface area contributed by atoms with Crippen LogP contribution in [0.1, 0.15) is 111 Å². The number of nitrogens with one attached hydrogen (secondary N) is 1. The molecule has 4 fully saturated rings. The van der Waals surface area contributed by atoms with Crippen molar-refractivity contribution in [1.82, 2.24) is 28.7 Å². The normalized spacial score (nSPS) is 24.7. The van der Waals surface area contributed by atoms with Gasteiger partial charge in [-0.15, -0.1) is 0 Å². The van der Waals surface area contributed by atoms with Crippen LogP contribution in [0.15, 0.2) is 89.5 Å². The summed E-state index contributed by atoms with van der Waals surface area (Å²) in [7, 11) is -4.11. The van der Waals surface area contributed by atoms with Crippen LogP contribution in [0, 0.1) is 5.82 Å². The first-order chi connectivity index (χ1) is 34.3. The number of piperazine rings is 1. The Hall–Kier alpha value is -5.46. The fraction of sp³-hybridized carbons (Fsp3) is 0.527. The van der Waals surface area contributed by atoms with Gasteiger partial charge in [-0.05, 0) is 141 Å². The fourth-order valence-electron chi connectivity index (χ4n) is 11.0. The van der Waals surface area contributed by atoms with Gasteiger partial charge in [-0.1, -0.05) is 42.0 Å². The molecule has 15 nitrogen and oxygen atoms in total. The second-order valence-corrected chi connectivity index (χ2v) is 24.0. The lowest BCUT2D eigenvalue weighted by Crippen LogP contribution is -2.62. The summed E-state index contributed by atoms with van der Waals surface area (Å²) in [5.74, 6) is 0.0824. The summed E-state index contributed by atoms with van der Waals surface area (Å²) in [6, 6.07) is 14.3. The van der Waals surface area contributed by atoms with Crippen LogP contribution in [0.25, 0.3) is 32.9 Å². The third-order valence-electron chi connectivity index (χ3n) is 15.4. The number of allylic oxidation sites excluding steroid dienone is 3. The summed E-state index contributed by atoms with van der Waals surface area (Å²) >= 11 is 0. The van der Waals surface area contributed by atoms with Crippen LogP contribution >= 0.6 is 0 Å². The monoisotopic (exact) mass is 1010 g/mol. The highest BCUT2D eigenvalue weighted by Gasteiger charge is 2.47. The zero-order valence-corrected chi connectivity index (χ0v) is 43.3. The van der Waals surface area contributed by atoms with E-state index in [-0.39, 0.29) is 48.9 Å². The van der Waals surface area contributed by atoms with Gasteiger partial charge in [-0.3, -0.25) is 9.69 Å². The number of H-pyrrole nitrogens is 1. The first-order valence-electron chi connectivity index (χ1n) is 25.7. The van der Waals surface area contributed by atoms with Crippen molar-refractivity contribution in [3.05, 3.63) is 112 Å². The van der Waals surface area contributed by atoms with Gasteiger partial charge in [0.2, 0.25) is 16.0 Å². The summed E-state index contributed by atoms with van der Waals surface area (Å²) in [6.07, 6.45) is 13.8. The van der Waals surface area contributed by atoms with Gasteiger partial charge >= 0.3 is 6.09 Å². The average Bonchev–Trinajstić information content (AvgIpc) is 4.06. The van der Waals surface area contributed by atoms with E-state index < -0.39 is 43.6 Å². The van der Waals surface area contributed by atoms with Gasteiger partial charge < -0.3 is 33.7 Å². The maximum absolute atomic E-state index is 15.7. The van der Waals surface area contributed by atoms with E-state index in [2.05, 4.69) is 28.6 Å². The molecule has 5 aliphatic rings. The largest absolute Gasteiger partial charge is 0.444 e. The van der Waals surface area contributed by atoms with Crippen molar-refractivity contribution in [2.24, 2.45) is 0 Å². The third kappa shape index (κ3) is 9.51. The molecule has 5 aromatic rings. The minimum atomic E-state index is -4.11. The molecule has 5 atom stereocenters. The number of anilines is 1. The third-order valence-corrected chi connectivity index (χ3v) is 17.9. The molecule has 3 unspecified atom stereocenters. The minimum Gasteiger partial charge on any atom is -0.444 e. The van der Waals surface area contributed by atoms with Gasteiger partial charge in [-0.25, -0.2) is 31.5 Å². The van der Waals surface area contributed by atoms with Gasteiger partial charge in [0.05, 0.1) is 23.9 Å². The van der Waals surface area contributed by atoms with Gasteiger partial charge in [0.15, 0.2) is 11.9 Å². The van der Waals surface area contributed by atoms with E-state index in [1.54, 1.807) is 38.3 Å². The lowest BCUT2D eigenvalue weighted by molar-refractivity contribution is -0.197. The Kier molecular flexibility index (Phi) is 13.5. The van der Waals surface area contributed by atoms with Crippen molar-refractivity contribution < 1.29 is 36.6 Å². The Morgan fingerprint density at radius 2 is 1.76 bits per heavy atom. The number of aromatic amines is 1. The van der Waals surface area contributed by atoms with Crippen LogP contribution in [0.3, 0.4) is 0 Å². The molecule has 72 heavy (non-hydrogen) atoms. The molecular formula is C55H68FN7O8S. The number of piperidine rings is 1. The van der Waals surface area contributed by atoms with Crippen LogP contribution in [0.4, 0.5) is 15.1 Å². The quantitative estimate of drug-likeness (QED) is 0.126. The highest BCUT2D eigenvalue weighted by molar-refractivity contribution is 7.91.